The summed E-state index contributed by atoms with van der Waals surface area (Å²) >= 11 is 0. The summed E-state index contributed by atoms with van der Waals surface area (Å²) in [6.07, 6.45) is 26.4. The van der Waals surface area contributed by atoms with Crippen LogP contribution in [-0.2, 0) is 0 Å². The number of benzene rings is 2. The highest BCUT2D eigenvalue weighted by Gasteiger charge is 2.02. The van der Waals surface area contributed by atoms with Gasteiger partial charge < -0.3 is 5.32 Å². The predicted octanol–water partition coefficient (Wildman–Crippen LogP) is 10.4. The maximum Gasteiger partial charge on any atom is 0.269 e. The van der Waals surface area contributed by atoms with E-state index in [1.54, 1.807) is 12.1 Å². The zero-order valence-electron chi connectivity index (χ0n) is 22.6. The van der Waals surface area contributed by atoms with Crippen LogP contribution in [0.2, 0.25) is 0 Å². The topological polar surface area (TPSA) is 55.2 Å². The Bertz CT molecular complexity index is 843. The number of rotatable bonds is 21. The number of nitrogens with zero attached hydrogens (tertiary/aromatic N) is 1. The molecular formula is C32H48N2O2. The molecule has 0 unspecified atom stereocenters. The lowest BCUT2D eigenvalue weighted by Crippen LogP contribution is -2.01. The minimum Gasteiger partial charge on any atom is -0.385 e. The van der Waals surface area contributed by atoms with E-state index in [2.05, 4.69) is 36.5 Å². The lowest BCUT2D eigenvalue weighted by Gasteiger charge is -2.07. The lowest BCUT2D eigenvalue weighted by molar-refractivity contribution is -0.384. The molecule has 2 aromatic carbocycles. The molecule has 2 aromatic rings. The van der Waals surface area contributed by atoms with E-state index in [4.69, 9.17) is 0 Å². The third-order valence-corrected chi connectivity index (χ3v) is 6.84. The molecular weight excluding hydrogens is 444 g/mol. The van der Waals surface area contributed by atoms with Gasteiger partial charge in [-0.05, 0) is 41.8 Å². The standard InChI is InChI=1S/C32H48N2O2/c1-2-3-4-5-6-7-8-9-10-11-12-13-14-15-16-17-28-33-31-24-20-29(21-25-31)18-19-30-22-26-32(27-23-30)34(35)36/h18-27,33H,2-17,28H2,1H3/b19-18-. The molecule has 0 aliphatic heterocycles. The van der Waals surface area contributed by atoms with Gasteiger partial charge in [0.2, 0.25) is 0 Å². The van der Waals surface area contributed by atoms with Gasteiger partial charge in [0.15, 0.2) is 0 Å². The molecule has 0 saturated heterocycles. The van der Waals surface area contributed by atoms with E-state index in [9.17, 15) is 10.1 Å². The van der Waals surface area contributed by atoms with E-state index in [1.165, 1.54) is 115 Å². The molecule has 0 amide bonds. The van der Waals surface area contributed by atoms with E-state index in [0.717, 1.165) is 23.4 Å². The SMILES string of the molecule is CCCCCCCCCCCCCCCCCCNc1ccc(/C=C\c2ccc([N+](=O)[O-])cc2)cc1. The largest absolute Gasteiger partial charge is 0.385 e. The second-order valence-electron chi connectivity index (χ2n) is 10.0. The first kappa shape index (κ1) is 29.6. The molecule has 0 spiro atoms. The van der Waals surface area contributed by atoms with Gasteiger partial charge in [0.05, 0.1) is 4.92 Å². The van der Waals surface area contributed by atoms with Crippen molar-refractivity contribution in [3.05, 3.63) is 69.8 Å². The van der Waals surface area contributed by atoms with Crippen LogP contribution in [0.25, 0.3) is 12.2 Å². The zero-order valence-corrected chi connectivity index (χ0v) is 22.6. The summed E-state index contributed by atoms with van der Waals surface area (Å²) in [5.41, 5.74) is 3.34. The highest BCUT2D eigenvalue weighted by atomic mass is 16.6. The molecule has 4 nitrogen and oxygen atoms in total. The van der Waals surface area contributed by atoms with Gasteiger partial charge in [-0.15, -0.1) is 0 Å². The van der Waals surface area contributed by atoms with Gasteiger partial charge >= 0.3 is 0 Å². The smallest absolute Gasteiger partial charge is 0.269 e. The summed E-state index contributed by atoms with van der Waals surface area (Å²) in [6.45, 7) is 3.31. The van der Waals surface area contributed by atoms with Crippen LogP contribution >= 0.6 is 0 Å². The second-order valence-corrected chi connectivity index (χ2v) is 10.0. The van der Waals surface area contributed by atoms with Gasteiger partial charge in [-0.1, -0.05) is 128 Å². The van der Waals surface area contributed by atoms with Gasteiger partial charge in [0, 0.05) is 24.4 Å². The predicted molar refractivity (Wildman–Crippen MR) is 157 cm³/mol. The van der Waals surface area contributed by atoms with Gasteiger partial charge in [-0.2, -0.15) is 0 Å². The van der Waals surface area contributed by atoms with Gasteiger partial charge in [0.1, 0.15) is 0 Å². The van der Waals surface area contributed by atoms with Crippen molar-refractivity contribution in [3.63, 3.8) is 0 Å². The Morgan fingerprint density at radius 2 is 1.00 bits per heavy atom. The van der Waals surface area contributed by atoms with Crippen LogP contribution in [0.15, 0.2) is 48.5 Å². The Morgan fingerprint density at radius 3 is 1.42 bits per heavy atom. The Morgan fingerprint density at radius 1 is 0.611 bits per heavy atom. The maximum absolute atomic E-state index is 10.7. The number of hydrogen-bond donors (Lipinski definition) is 1. The number of unbranched alkanes of at least 4 members (excludes halogenated alkanes) is 15. The zero-order chi connectivity index (χ0) is 25.7. The first-order chi connectivity index (χ1) is 17.7. The van der Waals surface area contributed by atoms with Crippen LogP contribution in [0.3, 0.4) is 0 Å². The molecule has 1 N–H and O–H groups in total. The fraction of sp³-hybridized carbons (Fsp3) is 0.562. The molecule has 0 heterocycles. The van der Waals surface area contributed by atoms with Gasteiger partial charge in [0.25, 0.3) is 5.69 Å². The first-order valence-corrected chi connectivity index (χ1v) is 14.5. The lowest BCUT2D eigenvalue weighted by atomic mass is 10.0. The van der Waals surface area contributed by atoms with Crippen molar-refractivity contribution < 1.29 is 4.92 Å². The van der Waals surface area contributed by atoms with E-state index in [0.29, 0.717) is 0 Å². The first-order valence-electron chi connectivity index (χ1n) is 14.5. The van der Waals surface area contributed by atoms with E-state index >= 15 is 0 Å². The molecule has 0 bridgehead atoms. The normalized spacial score (nSPS) is 11.2. The highest BCUT2D eigenvalue weighted by Crippen LogP contribution is 2.17. The molecule has 0 atom stereocenters. The minimum absolute atomic E-state index is 0.118. The molecule has 198 valence electrons. The van der Waals surface area contributed by atoms with Crippen molar-refractivity contribution in [2.24, 2.45) is 0 Å². The van der Waals surface area contributed by atoms with E-state index in [1.807, 2.05) is 12.2 Å². The molecule has 0 fully saturated rings. The third kappa shape index (κ3) is 14.1. The summed E-state index contributed by atoms with van der Waals surface area (Å²) in [7, 11) is 0. The number of nitro groups is 1. The molecule has 0 aliphatic carbocycles. The van der Waals surface area contributed by atoms with Crippen LogP contribution in [0.1, 0.15) is 121 Å². The van der Waals surface area contributed by atoms with Crippen molar-refractivity contribution >= 4 is 23.5 Å². The van der Waals surface area contributed by atoms with Crippen molar-refractivity contribution in [1.29, 1.82) is 0 Å². The fourth-order valence-corrected chi connectivity index (χ4v) is 4.52. The molecule has 0 radical (unpaired) electrons. The Labute approximate surface area is 219 Å². The summed E-state index contributed by atoms with van der Waals surface area (Å²) in [6, 6.07) is 15.0. The summed E-state index contributed by atoms with van der Waals surface area (Å²) in [5, 5.41) is 14.3. The maximum atomic E-state index is 10.7. The Hall–Kier alpha value is -2.62. The highest BCUT2D eigenvalue weighted by molar-refractivity contribution is 5.70. The van der Waals surface area contributed by atoms with E-state index < -0.39 is 0 Å². The van der Waals surface area contributed by atoms with Crippen molar-refractivity contribution in [2.75, 3.05) is 11.9 Å². The van der Waals surface area contributed by atoms with Gasteiger partial charge in [-0.25, -0.2) is 0 Å². The second kappa shape index (κ2) is 19.6. The van der Waals surface area contributed by atoms with Crippen molar-refractivity contribution in [2.45, 2.75) is 110 Å². The van der Waals surface area contributed by atoms with E-state index in [-0.39, 0.29) is 10.6 Å². The molecule has 0 aliphatic rings. The molecule has 0 saturated carbocycles. The molecule has 0 aromatic heterocycles. The Kier molecular flexibility index (Phi) is 16.1. The fourth-order valence-electron chi connectivity index (χ4n) is 4.52. The summed E-state index contributed by atoms with van der Waals surface area (Å²) < 4.78 is 0. The van der Waals surface area contributed by atoms with Crippen LogP contribution in [0.4, 0.5) is 11.4 Å². The Balaban J connectivity index is 1.42. The number of nitro benzene ring substituents is 1. The summed E-state index contributed by atoms with van der Waals surface area (Å²) in [4.78, 5) is 10.4. The molecule has 36 heavy (non-hydrogen) atoms. The quantitative estimate of drug-likeness (QED) is 0.0816. The van der Waals surface area contributed by atoms with Gasteiger partial charge in [-0.3, -0.25) is 10.1 Å². The van der Waals surface area contributed by atoms with Crippen molar-refractivity contribution in [3.8, 4) is 0 Å². The van der Waals surface area contributed by atoms with Crippen LogP contribution in [0.5, 0.6) is 0 Å². The number of nitrogens with one attached hydrogen (secondary N) is 1. The van der Waals surface area contributed by atoms with Crippen LogP contribution < -0.4 is 5.32 Å². The monoisotopic (exact) mass is 492 g/mol. The number of hydrogen-bond acceptors (Lipinski definition) is 3. The average Bonchev–Trinajstić information content (AvgIpc) is 2.90. The molecule has 2 rings (SSSR count). The van der Waals surface area contributed by atoms with Crippen molar-refractivity contribution in [1.82, 2.24) is 0 Å². The minimum atomic E-state index is -0.376. The molecule has 4 heteroatoms. The average molecular weight is 493 g/mol. The third-order valence-electron chi connectivity index (χ3n) is 6.84. The van der Waals surface area contributed by atoms with Crippen LogP contribution in [0, 0.1) is 10.1 Å². The number of anilines is 1. The number of non-ortho nitro benzene ring substituents is 1. The van der Waals surface area contributed by atoms with Crippen LogP contribution in [-0.4, -0.2) is 11.5 Å². The summed E-state index contributed by atoms with van der Waals surface area (Å²) in [5.74, 6) is 0.